The first kappa shape index (κ1) is 8.52. The summed E-state index contributed by atoms with van der Waals surface area (Å²) in [7, 11) is 1.12. The number of phenolic OH excluding ortho intramolecular Hbond substituents is 1. The third kappa shape index (κ3) is 1.37. The molecule has 0 spiro atoms. The van der Waals surface area contributed by atoms with Crippen LogP contribution in [0, 0.1) is 5.82 Å². The number of carbonyl (C=O) groups excluding carboxylic acids is 1. The van der Waals surface area contributed by atoms with Crippen LogP contribution < -0.4 is 0 Å². The van der Waals surface area contributed by atoms with Crippen LogP contribution in [0.1, 0.15) is 10.4 Å². The van der Waals surface area contributed by atoms with E-state index >= 15 is 0 Å². The number of hydrogen-bond acceptors (Lipinski definition) is 3. The fourth-order valence-corrected chi connectivity index (χ4v) is 0.817. The number of halogens is 1. The molecule has 0 aromatic heterocycles. The summed E-state index contributed by atoms with van der Waals surface area (Å²) >= 11 is 0. The van der Waals surface area contributed by atoms with Crippen LogP contribution in [0.15, 0.2) is 18.2 Å². The Labute approximate surface area is 68.4 Å². The molecule has 0 aliphatic rings. The summed E-state index contributed by atoms with van der Waals surface area (Å²) in [6, 6.07) is 3.60. The molecule has 0 heterocycles. The summed E-state index contributed by atoms with van der Waals surface area (Å²) in [5.74, 6) is -2.09. The number of rotatable bonds is 1. The van der Waals surface area contributed by atoms with Gasteiger partial charge in [-0.2, -0.15) is 0 Å². The molecule has 1 rings (SSSR count). The van der Waals surface area contributed by atoms with Crippen molar-refractivity contribution in [3.8, 4) is 5.75 Å². The lowest BCUT2D eigenvalue weighted by Gasteiger charge is -2.02. The number of ether oxygens (including phenoxy) is 1. The molecular weight excluding hydrogens is 163 g/mol. The molecule has 3 nitrogen and oxygen atoms in total. The Hall–Kier alpha value is -1.58. The van der Waals surface area contributed by atoms with E-state index in [1.807, 2.05) is 0 Å². The summed E-state index contributed by atoms with van der Waals surface area (Å²) < 4.78 is 17.1. The first-order valence-electron chi connectivity index (χ1n) is 3.22. The normalized spacial score (nSPS) is 9.50. The van der Waals surface area contributed by atoms with Crippen LogP contribution in [0.5, 0.6) is 5.75 Å². The lowest BCUT2D eigenvalue weighted by atomic mass is 10.2. The molecule has 0 saturated heterocycles. The maximum Gasteiger partial charge on any atom is 0.344 e. The molecule has 0 unspecified atom stereocenters. The van der Waals surface area contributed by atoms with Gasteiger partial charge >= 0.3 is 5.97 Å². The maximum absolute atomic E-state index is 12.8. The van der Waals surface area contributed by atoms with Gasteiger partial charge in [0.2, 0.25) is 0 Å². The highest BCUT2D eigenvalue weighted by atomic mass is 19.1. The van der Waals surface area contributed by atoms with Gasteiger partial charge in [0.1, 0.15) is 17.1 Å². The maximum atomic E-state index is 12.8. The zero-order valence-electron chi connectivity index (χ0n) is 6.37. The predicted molar refractivity (Wildman–Crippen MR) is 39.4 cm³/mol. The fourth-order valence-electron chi connectivity index (χ4n) is 0.817. The standard InChI is InChI=1S/C8H7FO3/c1-12-8(11)7-5(9)3-2-4-6(7)10/h2-4,10H,1H3. The van der Waals surface area contributed by atoms with Crippen LogP contribution in [0.4, 0.5) is 4.39 Å². The number of carbonyl (C=O) groups is 1. The first-order chi connectivity index (χ1) is 5.66. The molecule has 0 aliphatic carbocycles. The molecule has 0 fully saturated rings. The minimum atomic E-state index is -0.884. The van der Waals surface area contributed by atoms with E-state index < -0.39 is 23.1 Å². The highest BCUT2D eigenvalue weighted by Gasteiger charge is 2.16. The second-order valence-electron chi connectivity index (χ2n) is 2.13. The topological polar surface area (TPSA) is 46.5 Å². The summed E-state index contributed by atoms with van der Waals surface area (Å²) in [6.07, 6.45) is 0. The van der Waals surface area contributed by atoms with Gasteiger partial charge in [0.15, 0.2) is 0 Å². The summed E-state index contributed by atoms with van der Waals surface area (Å²) in [4.78, 5) is 10.8. The van der Waals surface area contributed by atoms with Gasteiger partial charge in [0.05, 0.1) is 7.11 Å². The van der Waals surface area contributed by atoms with Crippen molar-refractivity contribution >= 4 is 5.97 Å². The Balaban J connectivity index is 3.21. The number of methoxy groups -OCH3 is 1. The highest BCUT2D eigenvalue weighted by Crippen LogP contribution is 2.19. The largest absolute Gasteiger partial charge is 0.507 e. The Morgan fingerprint density at radius 3 is 2.75 bits per heavy atom. The zero-order valence-corrected chi connectivity index (χ0v) is 6.37. The van der Waals surface area contributed by atoms with Gasteiger partial charge in [-0.25, -0.2) is 9.18 Å². The number of esters is 1. The van der Waals surface area contributed by atoms with E-state index in [2.05, 4.69) is 4.74 Å². The van der Waals surface area contributed by atoms with Crippen LogP contribution in [0.2, 0.25) is 0 Å². The van der Waals surface area contributed by atoms with Crippen molar-refractivity contribution in [3.63, 3.8) is 0 Å². The number of hydrogen-bond donors (Lipinski definition) is 1. The number of phenols is 1. The van der Waals surface area contributed by atoms with Gasteiger partial charge in [-0.3, -0.25) is 0 Å². The molecular formula is C8H7FO3. The van der Waals surface area contributed by atoms with E-state index in [1.165, 1.54) is 12.1 Å². The Kier molecular flexibility index (Phi) is 2.28. The van der Waals surface area contributed by atoms with Crippen LogP contribution in [0.3, 0.4) is 0 Å². The second kappa shape index (κ2) is 3.21. The highest BCUT2D eigenvalue weighted by molar-refractivity contribution is 5.92. The quantitative estimate of drug-likeness (QED) is 0.646. The van der Waals surface area contributed by atoms with Gasteiger partial charge < -0.3 is 9.84 Å². The molecule has 0 saturated carbocycles. The Bertz CT molecular complexity index is 289. The average molecular weight is 170 g/mol. The average Bonchev–Trinajstić information content (AvgIpc) is 2.03. The molecule has 1 aromatic rings. The minimum Gasteiger partial charge on any atom is -0.507 e. The third-order valence-electron chi connectivity index (χ3n) is 1.38. The molecule has 1 aromatic carbocycles. The third-order valence-corrected chi connectivity index (χ3v) is 1.38. The van der Waals surface area contributed by atoms with Crippen molar-refractivity contribution < 1.29 is 19.0 Å². The summed E-state index contributed by atoms with van der Waals surface area (Å²) in [5.41, 5.74) is -0.431. The second-order valence-corrected chi connectivity index (χ2v) is 2.13. The van der Waals surface area contributed by atoms with Crippen molar-refractivity contribution in [2.45, 2.75) is 0 Å². The smallest absolute Gasteiger partial charge is 0.344 e. The van der Waals surface area contributed by atoms with Gasteiger partial charge in [-0.15, -0.1) is 0 Å². The van der Waals surface area contributed by atoms with Gasteiger partial charge in [0, 0.05) is 0 Å². The van der Waals surface area contributed by atoms with E-state index in [-0.39, 0.29) is 0 Å². The van der Waals surface area contributed by atoms with Gasteiger partial charge in [0.25, 0.3) is 0 Å². The summed E-state index contributed by atoms with van der Waals surface area (Å²) in [5, 5.41) is 9.05. The van der Waals surface area contributed by atoms with E-state index in [4.69, 9.17) is 5.11 Å². The number of benzene rings is 1. The van der Waals surface area contributed by atoms with E-state index in [1.54, 1.807) is 0 Å². The molecule has 0 amide bonds. The van der Waals surface area contributed by atoms with Crippen molar-refractivity contribution in [1.29, 1.82) is 0 Å². The molecule has 0 atom stereocenters. The molecule has 64 valence electrons. The van der Waals surface area contributed by atoms with Crippen LogP contribution >= 0.6 is 0 Å². The Morgan fingerprint density at radius 1 is 1.58 bits per heavy atom. The zero-order chi connectivity index (χ0) is 9.14. The van der Waals surface area contributed by atoms with Gasteiger partial charge in [-0.1, -0.05) is 6.07 Å². The summed E-state index contributed by atoms with van der Waals surface area (Å²) in [6.45, 7) is 0. The lowest BCUT2D eigenvalue weighted by Crippen LogP contribution is -2.04. The van der Waals surface area contributed by atoms with Crippen LogP contribution in [0.25, 0.3) is 0 Å². The van der Waals surface area contributed by atoms with Crippen molar-refractivity contribution in [3.05, 3.63) is 29.6 Å². The molecule has 0 bridgehead atoms. The van der Waals surface area contributed by atoms with E-state index in [0.29, 0.717) is 0 Å². The molecule has 4 heteroatoms. The monoisotopic (exact) mass is 170 g/mol. The first-order valence-corrected chi connectivity index (χ1v) is 3.22. The molecule has 0 aliphatic heterocycles. The van der Waals surface area contributed by atoms with Crippen LogP contribution in [-0.2, 0) is 4.74 Å². The molecule has 12 heavy (non-hydrogen) atoms. The SMILES string of the molecule is COC(=O)c1c(O)cccc1F. The van der Waals surface area contributed by atoms with Gasteiger partial charge in [-0.05, 0) is 12.1 Å². The van der Waals surface area contributed by atoms with Crippen molar-refractivity contribution in [2.75, 3.05) is 7.11 Å². The lowest BCUT2D eigenvalue weighted by molar-refractivity contribution is 0.0592. The fraction of sp³-hybridized carbons (Fsp3) is 0.125. The van der Waals surface area contributed by atoms with E-state index in [0.717, 1.165) is 13.2 Å². The molecule has 1 N–H and O–H groups in total. The Morgan fingerprint density at radius 2 is 2.25 bits per heavy atom. The van der Waals surface area contributed by atoms with E-state index in [9.17, 15) is 9.18 Å². The van der Waals surface area contributed by atoms with Crippen LogP contribution in [-0.4, -0.2) is 18.2 Å². The predicted octanol–water partition coefficient (Wildman–Crippen LogP) is 1.32. The minimum absolute atomic E-state index is 0.415. The van der Waals surface area contributed by atoms with Crippen molar-refractivity contribution in [1.82, 2.24) is 0 Å². The number of aromatic hydroxyl groups is 1. The van der Waals surface area contributed by atoms with Crippen molar-refractivity contribution in [2.24, 2.45) is 0 Å². The molecule has 0 radical (unpaired) electrons.